The van der Waals surface area contributed by atoms with Gasteiger partial charge in [-0.3, -0.25) is 4.79 Å². The second kappa shape index (κ2) is 11.5. The lowest BCUT2D eigenvalue weighted by molar-refractivity contribution is -0.708. The average molecular weight is 503 g/mol. The quantitative estimate of drug-likeness (QED) is 0.0806. The van der Waals surface area contributed by atoms with E-state index in [4.69, 9.17) is 9.57 Å². The van der Waals surface area contributed by atoms with Gasteiger partial charge in [0.15, 0.2) is 9.84 Å². The maximum atomic E-state index is 12.9. The molecule has 3 rings (SSSR count). The number of anilines is 1. The number of hydrogen-bond acceptors (Lipinski definition) is 8. The normalized spacial score (nSPS) is 14.5. The number of nitrogens with one attached hydrogen (secondary N) is 1. The summed E-state index contributed by atoms with van der Waals surface area (Å²) in [5.41, 5.74) is 1.73. The number of esters is 1. The standard InChI is InChI=1S/C23H26N4O7S/c1-17(28)24-20-9-7-19(8-10-20)22(15-18-5-11-21(12-6-18)35(2,31)32)23(29)33-16-34-25-27(30)26-13-3-4-14-26/h5-12,15H,3-4,13-14,16H2,1-2H3,(H,24,28)/b22-15+,27-25+. The Labute approximate surface area is 203 Å². The van der Waals surface area contributed by atoms with Gasteiger partial charge in [-0.05, 0) is 54.3 Å². The van der Waals surface area contributed by atoms with Crippen molar-refractivity contribution in [2.45, 2.75) is 24.7 Å². The largest absolute Gasteiger partial charge is 0.569 e. The van der Waals surface area contributed by atoms with Crippen LogP contribution in [-0.2, 0) is 29.0 Å². The minimum absolute atomic E-state index is 0.147. The smallest absolute Gasteiger partial charge is 0.341 e. The first-order valence-electron chi connectivity index (χ1n) is 10.8. The fraction of sp³-hybridized carbons (Fsp3) is 0.304. The van der Waals surface area contributed by atoms with Gasteiger partial charge in [0.2, 0.25) is 11.2 Å². The predicted molar refractivity (Wildman–Crippen MR) is 127 cm³/mol. The van der Waals surface area contributed by atoms with Crippen molar-refractivity contribution in [3.05, 3.63) is 64.9 Å². The van der Waals surface area contributed by atoms with Gasteiger partial charge in [-0.15, -0.1) is 5.01 Å². The Kier molecular flexibility index (Phi) is 8.42. The summed E-state index contributed by atoms with van der Waals surface area (Å²) in [5, 5.41) is 19.3. The van der Waals surface area contributed by atoms with E-state index in [1.54, 1.807) is 36.4 Å². The zero-order chi connectivity index (χ0) is 25.4. The van der Waals surface area contributed by atoms with Crippen molar-refractivity contribution in [3.8, 4) is 0 Å². The van der Waals surface area contributed by atoms with Crippen LogP contribution >= 0.6 is 0 Å². The van der Waals surface area contributed by atoms with Crippen LogP contribution in [0.4, 0.5) is 5.69 Å². The van der Waals surface area contributed by atoms with Crippen molar-refractivity contribution in [1.29, 1.82) is 0 Å². The highest BCUT2D eigenvalue weighted by Crippen LogP contribution is 2.23. The Balaban J connectivity index is 1.78. The van der Waals surface area contributed by atoms with Crippen molar-refractivity contribution in [1.82, 2.24) is 5.01 Å². The Morgan fingerprint density at radius 2 is 1.74 bits per heavy atom. The topological polar surface area (TPSA) is 140 Å². The molecule has 186 valence electrons. The van der Waals surface area contributed by atoms with E-state index in [1.807, 2.05) is 0 Å². The molecular weight excluding hydrogens is 476 g/mol. The van der Waals surface area contributed by atoms with Gasteiger partial charge in [0.05, 0.1) is 28.5 Å². The van der Waals surface area contributed by atoms with E-state index in [2.05, 4.69) is 10.6 Å². The Morgan fingerprint density at radius 3 is 2.31 bits per heavy atom. The number of amides is 1. The van der Waals surface area contributed by atoms with Crippen LogP contribution in [0.3, 0.4) is 0 Å². The monoisotopic (exact) mass is 502 g/mol. The lowest BCUT2D eigenvalue weighted by atomic mass is 10.0. The van der Waals surface area contributed by atoms with Crippen molar-refractivity contribution >= 4 is 39.1 Å². The number of carbonyl (C=O) groups excluding carboxylic acids is 2. The summed E-state index contributed by atoms with van der Waals surface area (Å²) < 4.78 is 28.6. The average Bonchev–Trinajstić information content (AvgIpc) is 3.35. The Bertz CT molecular complexity index is 1220. The number of nitrogens with zero attached hydrogens (tertiary/aromatic N) is 3. The summed E-state index contributed by atoms with van der Waals surface area (Å²) in [4.78, 5) is 29.5. The Morgan fingerprint density at radius 1 is 1.11 bits per heavy atom. The van der Waals surface area contributed by atoms with Crippen LogP contribution in [0, 0.1) is 5.21 Å². The van der Waals surface area contributed by atoms with E-state index in [0.717, 1.165) is 19.1 Å². The lowest BCUT2D eigenvalue weighted by Crippen LogP contribution is -2.27. The van der Waals surface area contributed by atoms with Gasteiger partial charge >= 0.3 is 5.97 Å². The summed E-state index contributed by atoms with van der Waals surface area (Å²) in [6.45, 7) is 1.96. The van der Waals surface area contributed by atoms with Gasteiger partial charge in [-0.1, -0.05) is 24.3 Å². The molecule has 1 aliphatic heterocycles. The molecule has 0 spiro atoms. The molecule has 1 fully saturated rings. The van der Waals surface area contributed by atoms with Crippen molar-refractivity contribution < 1.29 is 32.6 Å². The molecule has 1 amide bonds. The van der Waals surface area contributed by atoms with Gasteiger partial charge in [0.1, 0.15) is 0 Å². The molecule has 0 saturated carbocycles. The third-order valence-corrected chi connectivity index (χ3v) is 6.18. The number of hydrazine groups is 1. The summed E-state index contributed by atoms with van der Waals surface area (Å²) in [6.07, 6.45) is 4.42. The van der Waals surface area contributed by atoms with E-state index < -0.39 is 22.6 Å². The molecule has 0 bridgehead atoms. The number of benzene rings is 2. The van der Waals surface area contributed by atoms with E-state index >= 15 is 0 Å². The van der Waals surface area contributed by atoms with Crippen LogP contribution in [0.2, 0.25) is 0 Å². The molecule has 0 aliphatic carbocycles. The molecule has 0 aromatic heterocycles. The zero-order valence-electron chi connectivity index (χ0n) is 19.3. The summed E-state index contributed by atoms with van der Waals surface area (Å²) in [5.74, 6) is -0.987. The molecule has 2 aromatic rings. The van der Waals surface area contributed by atoms with E-state index in [-0.39, 0.29) is 16.4 Å². The number of sulfone groups is 1. The molecule has 1 aliphatic rings. The summed E-state index contributed by atoms with van der Waals surface area (Å²) >= 11 is 0. The number of hydrogen-bond donors (Lipinski definition) is 1. The van der Waals surface area contributed by atoms with Crippen molar-refractivity contribution in [2.24, 2.45) is 5.28 Å². The van der Waals surface area contributed by atoms with Crippen molar-refractivity contribution in [2.75, 3.05) is 31.5 Å². The van der Waals surface area contributed by atoms with Crippen molar-refractivity contribution in [3.63, 3.8) is 0 Å². The SMILES string of the molecule is CC(=O)Nc1ccc(/C(=C\c2ccc(S(C)(=O)=O)cc2)C(=O)OCO/N=[N+](/[O-])N2CCCC2)cc1. The van der Waals surface area contributed by atoms with Crippen LogP contribution in [-0.4, -0.2) is 56.4 Å². The molecular formula is C23H26N4O7S. The molecule has 2 aromatic carbocycles. The maximum absolute atomic E-state index is 12.9. The molecule has 11 nitrogen and oxygen atoms in total. The summed E-state index contributed by atoms with van der Waals surface area (Å²) in [7, 11) is -3.37. The molecule has 1 heterocycles. The van der Waals surface area contributed by atoms with Gasteiger partial charge < -0.3 is 20.1 Å². The van der Waals surface area contributed by atoms with Gasteiger partial charge in [0.25, 0.3) is 6.79 Å². The minimum atomic E-state index is -3.37. The van der Waals surface area contributed by atoms with Gasteiger partial charge in [-0.2, -0.15) is 0 Å². The van der Waals surface area contributed by atoms with E-state index in [0.29, 0.717) is 34.9 Å². The van der Waals surface area contributed by atoms with Crippen LogP contribution < -0.4 is 5.32 Å². The van der Waals surface area contributed by atoms with Gasteiger partial charge in [-0.25, -0.2) is 13.2 Å². The predicted octanol–water partition coefficient (Wildman–Crippen LogP) is 2.99. The van der Waals surface area contributed by atoms with Crippen LogP contribution in [0.1, 0.15) is 30.9 Å². The van der Waals surface area contributed by atoms with Gasteiger partial charge in [0, 0.05) is 18.9 Å². The van der Waals surface area contributed by atoms with Crippen LogP contribution in [0.15, 0.2) is 58.7 Å². The number of ether oxygens (including phenoxy) is 1. The van der Waals surface area contributed by atoms with E-state index in [9.17, 15) is 23.2 Å². The Hall–Kier alpha value is -3.93. The number of rotatable bonds is 9. The lowest BCUT2D eigenvalue weighted by Gasteiger charge is -2.11. The fourth-order valence-electron chi connectivity index (χ4n) is 3.33. The first kappa shape index (κ1) is 25.7. The third-order valence-electron chi connectivity index (χ3n) is 5.05. The second-order valence-electron chi connectivity index (χ2n) is 7.83. The molecule has 12 heteroatoms. The first-order valence-corrected chi connectivity index (χ1v) is 12.6. The zero-order valence-corrected chi connectivity index (χ0v) is 20.2. The highest BCUT2D eigenvalue weighted by Gasteiger charge is 2.19. The third kappa shape index (κ3) is 7.54. The molecule has 0 unspecified atom stereocenters. The van der Waals surface area contributed by atoms with Crippen LogP contribution in [0.25, 0.3) is 11.6 Å². The molecule has 0 atom stereocenters. The van der Waals surface area contributed by atoms with Crippen LogP contribution in [0.5, 0.6) is 0 Å². The minimum Gasteiger partial charge on any atom is -0.569 e. The highest BCUT2D eigenvalue weighted by molar-refractivity contribution is 7.90. The first-order chi connectivity index (χ1) is 16.6. The number of carbonyl (C=O) groups is 2. The second-order valence-corrected chi connectivity index (χ2v) is 9.85. The molecule has 1 N–H and O–H groups in total. The molecule has 1 saturated heterocycles. The molecule has 35 heavy (non-hydrogen) atoms. The van der Waals surface area contributed by atoms with E-state index in [1.165, 1.54) is 30.1 Å². The molecule has 0 radical (unpaired) electrons. The highest BCUT2D eigenvalue weighted by atomic mass is 32.2. The summed E-state index contributed by atoms with van der Waals surface area (Å²) in [6, 6.07) is 12.5. The maximum Gasteiger partial charge on any atom is 0.341 e. The fourth-order valence-corrected chi connectivity index (χ4v) is 3.96.